The van der Waals surface area contributed by atoms with Crippen molar-refractivity contribution in [1.29, 1.82) is 0 Å². The van der Waals surface area contributed by atoms with Crippen LogP contribution in [0, 0.1) is 35.0 Å². The van der Waals surface area contributed by atoms with E-state index in [1.807, 2.05) is 19.2 Å². The summed E-state index contributed by atoms with van der Waals surface area (Å²) in [5, 5.41) is 0. The van der Waals surface area contributed by atoms with Gasteiger partial charge in [0.25, 0.3) is 0 Å². The number of carbonyl (C=O) groups excluding carboxylic acids is 3. The number of hydrogen-bond donors (Lipinski definition) is 0. The van der Waals surface area contributed by atoms with E-state index in [0.29, 0.717) is 18.3 Å². The number of fused-ring (bicyclic) bond motifs is 5. The van der Waals surface area contributed by atoms with Crippen LogP contribution in [-0.2, 0) is 19.1 Å². The lowest BCUT2D eigenvalue weighted by molar-refractivity contribution is -0.152. The van der Waals surface area contributed by atoms with E-state index in [2.05, 4.69) is 39.0 Å². The van der Waals surface area contributed by atoms with Crippen LogP contribution in [0.4, 0.5) is 0 Å². The van der Waals surface area contributed by atoms with E-state index in [0.717, 1.165) is 43.4 Å². The second-order valence-electron chi connectivity index (χ2n) is 12.0. The molecule has 0 aromatic carbocycles. The number of allylic oxidation sites excluding steroid dienone is 4. The number of aromatic nitrogens is 1. The summed E-state index contributed by atoms with van der Waals surface area (Å²) in [6, 6.07) is 4.15. The molecular weight excluding hydrogens is 438 g/mol. The molecule has 0 saturated heterocycles. The van der Waals surface area contributed by atoms with Gasteiger partial charge in [-0.25, -0.2) is 0 Å². The minimum atomic E-state index is -0.697. The Morgan fingerprint density at radius 2 is 1.94 bits per heavy atom. The Morgan fingerprint density at radius 1 is 1.17 bits per heavy atom. The number of pyridine rings is 1. The molecule has 186 valence electrons. The molecule has 5 rings (SSSR count). The molecule has 5 nitrogen and oxygen atoms in total. The van der Waals surface area contributed by atoms with Crippen molar-refractivity contribution in [3.8, 4) is 0 Å². The van der Waals surface area contributed by atoms with E-state index in [-0.39, 0.29) is 34.9 Å². The Hall–Kier alpha value is -2.56. The monoisotopic (exact) mass is 475 g/mol. The highest BCUT2D eigenvalue weighted by Gasteiger charge is 2.67. The molecule has 2 unspecified atom stereocenters. The van der Waals surface area contributed by atoms with Gasteiger partial charge in [0, 0.05) is 42.0 Å². The number of Topliss-reactive ketones (excluding diaryl/α,β-unsaturated/α-hetero) is 1. The average molecular weight is 476 g/mol. The summed E-state index contributed by atoms with van der Waals surface area (Å²) in [4.78, 5) is 42.4. The van der Waals surface area contributed by atoms with Crippen LogP contribution >= 0.6 is 0 Å². The normalized spacial score (nSPS) is 38.0. The van der Waals surface area contributed by atoms with Gasteiger partial charge in [-0.3, -0.25) is 19.4 Å². The molecule has 0 amide bonds. The first kappa shape index (κ1) is 24.1. The Balaban J connectivity index is 1.59. The maximum Gasteiger partial charge on any atom is 0.303 e. The van der Waals surface area contributed by atoms with E-state index in [1.165, 1.54) is 18.1 Å². The van der Waals surface area contributed by atoms with Crippen LogP contribution in [0.3, 0.4) is 0 Å². The van der Waals surface area contributed by atoms with Gasteiger partial charge in [0.2, 0.25) is 0 Å². The summed E-state index contributed by atoms with van der Waals surface area (Å²) in [6.07, 6.45) is 11.4. The van der Waals surface area contributed by atoms with Crippen molar-refractivity contribution in [3.63, 3.8) is 0 Å². The Bertz CT molecular complexity index is 1150. The molecule has 1 aromatic rings. The largest absolute Gasteiger partial charge is 0.458 e. The molecule has 2 saturated carbocycles. The molecule has 4 aliphatic rings. The summed E-state index contributed by atoms with van der Waals surface area (Å²) in [7, 11) is 0. The van der Waals surface area contributed by atoms with E-state index < -0.39 is 11.4 Å². The Labute approximate surface area is 208 Å². The molecule has 0 spiro atoms. The van der Waals surface area contributed by atoms with Gasteiger partial charge in [0.1, 0.15) is 0 Å². The predicted molar refractivity (Wildman–Crippen MR) is 134 cm³/mol. The Morgan fingerprint density at radius 3 is 2.63 bits per heavy atom. The maximum absolute atomic E-state index is 13.9. The molecule has 1 heterocycles. The number of hydrogen-bond acceptors (Lipinski definition) is 5. The zero-order chi connectivity index (χ0) is 25.2. The van der Waals surface area contributed by atoms with Gasteiger partial charge in [-0.15, -0.1) is 0 Å². The number of esters is 1. The molecule has 0 N–H and O–H groups in total. The minimum absolute atomic E-state index is 0.00667. The standard InChI is InChI=1S/C30H37NO4/c1-18-6-9-26(31-16-18)25-15-24-22-8-7-20-14-21(33)10-12-28(20,3)23(22)11-13-29(24,4)30(25,5)27(34)17-35-19(2)32/h6,9,11,14,16,22,24-25H,7-8,10,12-13,15,17H2,1-5H3/t22?,24?,25-,28-,29-,30+/m0/s1. The van der Waals surface area contributed by atoms with Crippen LogP contribution in [0.25, 0.3) is 0 Å². The highest BCUT2D eigenvalue weighted by atomic mass is 16.5. The van der Waals surface area contributed by atoms with Crippen molar-refractivity contribution in [2.75, 3.05) is 6.61 Å². The zero-order valence-electron chi connectivity index (χ0n) is 21.6. The van der Waals surface area contributed by atoms with Gasteiger partial charge >= 0.3 is 5.97 Å². The second-order valence-corrected chi connectivity index (χ2v) is 12.0. The van der Waals surface area contributed by atoms with E-state index in [4.69, 9.17) is 9.72 Å². The van der Waals surface area contributed by atoms with Gasteiger partial charge in [0.15, 0.2) is 18.2 Å². The van der Waals surface area contributed by atoms with Crippen LogP contribution in [-0.4, -0.2) is 29.1 Å². The van der Waals surface area contributed by atoms with E-state index >= 15 is 0 Å². The van der Waals surface area contributed by atoms with Crippen LogP contribution in [0.1, 0.15) is 83.4 Å². The summed E-state index contributed by atoms with van der Waals surface area (Å²) in [5.74, 6) is 0.508. The summed E-state index contributed by atoms with van der Waals surface area (Å²) in [5.41, 5.74) is 3.82. The molecular formula is C30H37NO4. The third-order valence-electron chi connectivity index (χ3n) is 10.4. The molecule has 2 fully saturated rings. The van der Waals surface area contributed by atoms with Gasteiger partial charge in [-0.05, 0) is 74.0 Å². The number of ketones is 2. The highest BCUT2D eigenvalue weighted by Crippen LogP contribution is 2.71. The van der Waals surface area contributed by atoms with Crippen molar-refractivity contribution in [2.45, 2.75) is 79.1 Å². The molecule has 0 radical (unpaired) electrons. The quantitative estimate of drug-likeness (QED) is 0.414. The van der Waals surface area contributed by atoms with E-state index in [1.54, 1.807) is 0 Å². The number of ether oxygens (including phenoxy) is 1. The number of carbonyl (C=O) groups is 3. The zero-order valence-corrected chi connectivity index (χ0v) is 21.6. The lowest BCUT2D eigenvalue weighted by atomic mass is 9.48. The summed E-state index contributed by atoms with van der Waals surface area (Å²) < 4.78 is 5.25. The first-order chi connectivity index (χ1) is 16.5. The lowest BCUT2D eigenvalue weighted by Crippen LogP contribution is -2.51. The average Bonchev–Trinajstić information content (AvgIpc) is 3.07. The lowest BCUT2D eigenvalue weighted by Gasteiger charge is -2.55. The fourth-order valence-corrected chi connectivity index (χ4v) is 8.07. The minimum Gasteiger partial charge on any atom is -0.458 e. The van der Waals surface area contributed by atoms with Crippen LogP contribution in [0.15, 0.2) is 41.6 Å². The SMILES string of the molecule is CC(=O)OCC(=O)[C@@]1(C)[C@H](c2ccc(C)cn2)CC2C3CCC4=CC(=O)CC[C@]4(C)C3=CC[C@@]21C. The number of nitrogens with zero attached hydrogens (tertiary/aromatic N) is 1. The fraction of sp³-hybridized carbons (Fsp3) is 0.600. The first-order valence-corrected chi connectivity index (χ1v) is 13.0. The summed E-state index contributed by atoms with van der Waals surface area (Å²) in [6.45, 7) is 9.89. The molecule has 4 aliphatic carbocycles. The van der Waals surface area contributed by atoms with Crippen LogP contribution in [0.2, 0.25) is 0 Å². The van der Waals surface area contributed by atoms with Gasteiger partial charge in [-0.1, -0.05) is 44.1 Å². The van der Waals surface area contributed by atoms with Crippen molar-refractivity contribution >= 4 is 17.5 Å². The van der Waals surface area contributed by atoms with Crippen molar-refractivity contribution < 1.29 is 19.1 Å². The van der Waals surface area contributed by atoms with Gasteiger partial charge in [0.05, 0.1) is 0 Å². The number of aryl methyl sites for hydroxylation is 1. The van der Waals surface area contributed by atoms with Crippen molar-refractivity contribution in [1.82, 2.24) is 4.98 Å². The topological polar surface area (TPSA) is 73.3 Å². The van der Waals surface area contributed by atoms with Gasteiger partial charge in [-0.2, -0.15) is 0 Å². The first-order valence-electron chi connectivity index (χ1n) is 13.0. The fourth-order valence-electron chi connectivity index (χ4n) is 8.07. The number of rotatable bonds is 4. The second kappa shape index (κ2) is 8.25. The van der Waals surface area contributed by atoms with Crippen LogP contribution < -0.4 is 0 Å². The molecule has 6 atom stereocenters. The summed E-state index contributed by atoms with van der Waals surface area (Å²) >= 11 is 0. The maximum atomic E-state index is 13.9. The van der Waals surface area contributed by atoms with E-state index in [9.17, 15) is 14.4 Å². The predicted octanol–water partition coefficient (Wildman–Crippen LogP) is 5.67. The van der Waals surface area contributed by atoms with Crippen LogP contribution in [0.5, 0.6) is 0 Å². The molecule has 1 aromatic heterocycles. The molecule has 0 aliphatic heterocycles. The van der Waals surface area contributed by atoms with Gasteiger partial charge < -0.3 is 4.74 Å². The van der Waals surface area contributed by atoms with Crippen molar-refractivity contribution in [3.05, 3.63) is 52.9 Å². The third kappa shape index (κ3) is 3.48. The Kier molecular flexibility index (Phi) is 5.69. The molecule has 5 heteroatoms. The molecule has 35 heavy (non-hydrogen) atoms. The van der Waals surface area contributed by atoms with Crippen molar-refractivity contribution in [2.24, 2.45) is 28.1 Å². The third-order valence-corrected chi connectivity index (χ3v) is 10.4. The highest BCUT2D eigenvalue weighted by molar-refractivity contribution is 5.92. The smallest absolute Gasteiger partial charge is 0.303 e. The molecule has 0 bridgehead atoms.